The number of Topliss-reactive ketones (excluding diaryl/α,β-unsaturated/α-hetero) is 1. The zero-order valence-electron chi connectivity index (χ0n) is 19.0. The average molecular weight is 499 g/mol. The number of hydrogen-bond acceptors (Lipinski definition) is 5. The highest BCUT2D eigenvalue weighted by Crippen LogP contribution is 2.41. The highest BCUT2D eigenvalue weighted by Gasteiger charge is 2.46. The van der Waals surface area contributed by atoms with Crippen molar-refractivity contribution in [1.29, 1.82) is 0 Å². The van der Waals surface area contributed by atoms with Crippen LogP contribution in [-0.4, -0.2) is 63.6 Å². The number of likely N-dealkylation sites (tertiary alicyclic amines) is 1. The fraction of sp³-hybridized carbons (Fsp3) is 0.240. The fourth-order valence-corrected chi connectivity index (χ4v) is 4.37. The second-order valence-corrected chi connectivity index (χ2v) is 9.17. The van der Waals surface area contributed by atoms with Gasteiger partial charge in [-0.3, -0.25) is 9.59 Å². The van der Waals surface area contributed by atoms with Crippen molar-refractivity contribution >= 4 is 40.7 Å². The van der Waals surface area contributed by atoms with Crippen LogP contribution in [-0.2, 0) is 9.59 Å². The number of carbonyl (C=O) groups is 2. The van der Waals surface area contributed by atoms with Gasteiger partial charge in [-0.25, -0.2) is 4.68 Å². The Labute approximate surface area is 207 Å². The average Bonchev–Trinajstić information content (AvgIpc) is 3.32. The second-order valence-electron chi connectivity index (χ2n) is 8.36. The molecule has 0 radical (unpaired) electrons. The molecule has 1 aromatic heterocycles. The Hall–Kier alpha value is -3.13. The Morgan fingerprint density at radius 3 is 2.44 bits per heavy atom. The molecule has 0 saturated carbocycles. The Bertz CT molecular complexity index is 1280. The summed E-state index contributed by atoms with van der Waals surface area (Å²) in [6.45, 7) is 2.63. The smallest absolute Gasteiger partial charge is 0.295 e. The van der Waals surface area contributed by atoms with Gasteiger partial charge < -0.3 is 14.9 Å². The highest BCUT2D eigenvalue weighted by molar-refractivity contribution is 6.47. The highest BCUT2D eigenvalue weighted by atomic mass is 35.5. The van der Waals surface area contributed by atoms with Gasteiger partial charge in [-0.2, -0.15) is 5.10 Å². The molecule has 0 spiro atoms. The van der Waals surface area contributed by atoms with Crippen molar-refractivity contribution in [3.05, 3.63) is 87.2 Å². The molecule has 2 heterocycles. The van der Waals surface area contributed by atoms with Gasteiger partial charge in [0.15, 0.2) is 0 Å². The number of halogens is 2. The van der Waals surface area contributed by atoms with Gasteiger partial charge in [0.1, 0.15) is 5.76 Å². The van der Waals surface area contributed by atoms with E-state index in [1.54, 1.807) is 29.8 Å². The fourth-order valence-electron chi connectivity index (χ4n) is 4.06. The van der Waals surface area contributed by atoms with Crippen molar-refractivity contribution in [1.82, 2.24) is 19.6 Å². The predicted molar refractivity (Wildman–Crippen MR) is 132 cm³/mol. The van der Waals surface area contributed by atoms with Gasteiger partial charge in [-0.15, -0.1) is 0 Å². The maximum Gasteiger partial charge on any atom is 0.295 e. The van der Waals surface area contributed by atoms with Crippen molar-refractivity contribution in [2.45, 2.75) is 13.0 Å². The Morgan fingerprint density at radius 1 is 1.09 bits per heavy atom. The van der Waals surface area contributed by atoms with Crippen LogP contribution in [0.2, 0.25) is 10.0 Å². The minimum absolute atomic E-state index is 0.00198. The number of aromatic nitrogens is 2. The van der Waals surface area contributed by atoms with Crippen molar-refractivity contribution in [3.63, 3.8) is 0 Å². The number of aliphatic hydroxyl groups is 1. The molecule has 2 aromatic carbocycles. The van der Waals surface area contributed by atoms with Gasteiger partial charge in [0.25, 0.3) is 11.7 Å². The van der Waals surface area contributed by atoms with E-state index in [1.807, 2.05) is 49.3 Å². The van der Waals surface area contributed by atoms with E-state index in [1.165, 1.54) is 11.1 Å². The molecule has 1 unspecified atom stereocenters. The van der Waals surface area contributed by atoms with Gasteiger partial charge in [-0.05, 0) is 50.8 Å². The second kappa shape index (κ2) is 9.62. The predicted octanol–water partition coefficient (Wildman–Crippen LogP) is 4.47. The number of para-hydroxylation sites is 1. The van der Waals surface area contributed by atoms with Crippen LogP contribution in [0.5, 0.6) is 0 Å². The van der Waals surface area contributed by atoms with E-state index in [9.17, 15) is 14.7 Å². The van der Waals surface area contributed by atoms with Crippen LogP contribution in [0.25, 0.3) is 11.4 Å². The number of ketones is 1. The van der Waals surface area contributed by atoms with Crippen LogP contribution in [0.4, 0.5) is 0 Å². The summed E-state index contributed by atoms with van der Waals surface area (Å²) in [5.74, 6) is -1.70. The molecule has 0 bridgehead atoms. The van der Waals surface area contributed by atoms with E-state index in [0.29, 0.717) is 40.0 Å². The number of amides is 1. The van der Waals surface area contributed by atoms with Gasteiger partial charge in [-0.1, -0.05) is 47.5 Å². The Morgan fingerprint density at radius 2 is 1.79 bits per heavy atom. The minimum atomic E-state index is -0.811. The van der Waals surface area contributed by atoms with Gasteiger partial charge in [0.2, 0.25) is 0 Å². The molecule has 1 aliphatic rings. The van der Waals surface area contributed by atoms with E-state index in [-0.39, 0.29) is 11.3 Å². The monoisotopic (exact) mass is 498 g/mol. The molecule has 1 fully saturated rings. The third kappa shape index (κ3) is 4.34. The molecule has 1 saturated heterocycles. The quantitative estimate of drug-likeness (QED) is 0.308. The van der Waals surface area contributed by atoms with Crippen LogP contribution in [0.15, 0.2) is 60.3 Å². The zero-order chi connectivity index (χ0) is 24.6. The van der Waals surface area contributed by atoms with Gasteiger partial charge in [0.05, 0.1) is 44.8 Å². The number of hydrogen-bond donors (Lipinski definition) is 1. The van der Waals surface area contributed by atoms with E-state index in [2.05, 4.69) is 5.10 Å². The largest absolute Gasteiger partial charge is 0.507 e. The summed E-state index contributed by atoms with van der Waals surface area (Å²) in [6, 6.07) is 13.6. The molecule has 0 aliphatic carbocycles. The molecule has 1 N–H and O–H groups in total. The summed E-state index contributed by atoms with van der Waals surface area (Å²) in [4.78, 5) is 29.6. The maximum absolute atomic E-state index is 13.2. The summed E-state index contributed by atoms with van der Waals surface area (Å²) in [6.07, 6.45) is 1.50. The molecule has 4 rings (SSSR count). The number of carbonyl (C=O) groups excluding carboxylic acids is 2. The van der Waals surface area contributed by atoms with E-state index < -0.39 is 17.7 Å². The first-order valence-electron chi connectivity index (χ1n) is 10.7. The third-order valence-electron chi connectivity index (χ3n) is 5.85. The first-order chi connectivity index (χ1) is 16.2. The number of nitrogens with zero attached hydrogens (tertiary/aromatic N) is 4. The van der Waals surface area contributed by atoms with Gasteiger partial charge >= 0.3 is 0 Å². The van der Waals surface area contributed by atoms with Crippen molar-refractivity contribution < 1.29 is 14.7 Å². The Kier molecular flexibility index (Phi) is 6.79. The lowest BCUT2D eigenvalue weighted by atomic mass is 9.95. The molecule has 34 heavy (non-hydrogen) atoms. The normalized spacial score (nSPS) is 17.7. The van der Waals surface area contributed by atoms with E-state index >= 15 is 0 Å². The van der Waals surface area contributed by atoms with Crippen LogP contribution in [0.3, 0.4) is 0 Å². The van der Waals surface area contributed by atoms with E-state index in [0.717, 1.165) is 5.69 Å². The lowest BCUT2D eigenvalue weighted by molar-refractivity contribution is -0.140. The topological polar surface area (TPSA) is 78.7 Å². The van der Waals surface area contributed by atoms with E-state index in [4.69, 9.17) is 23.2 Å². The number of aliphatic hydroxyl groups excluding tert-OH is 1. The number of likely N-dealkylation sites (N-methyl/N-ethyl adjacent to an activating group) is 1. The molecular weight excluding hydrogens is 475 g/mol. The summed E-state index contributed by atoms with van der Waals surface area (Å²) in [7, 11) is 3.76. The Balaban J connectivity index is 1.86. The number of rotatable bonds is 6. The first-order valence-corrected chi connectivity index (χ1v) is 11.4. The van der Waals surface area contributed by atoms with Crippen LogP contribution < -0.4 is 0 Å². The molecule has 1 aliphatic heterocycles. The summed E-state index contributed by atoms with van der Waals surface area (Å²) < 4.78 is 1.67. The summed E-state index contributed by atoms with van der Waals surface area (Å²) in [5, 5.41) is 16.4. The lowest BCUT2D eigenvalue weighted by Crippen LogP contribution is -2.35. The summed E-state index contributed by atoms with van der Waals surface area (Å²) >= 11 is 12.4. The molecule has 1 atom stereocenters. The van der Waals surface area contributed by atoms with Crippen molar-refractivity contribution in [3.8, 4) is 5.69 Å². The minimum Gasteiger partial charge on any atom is -0.507 e. The molecule has 1 amide bonds. The van der Waals surface area contributed by atoms with Crippen LogP contribution in [0.1, 0.15) is 22.9 Å². The van der Waals surface area contributed by atoms with Crippen LogP contribution in [0, 0.1) is 6.92 Å². The van der Waals surface area contributed by atoms with Crippen molar-refractivity contribution in [2.24, 2.45) is 0 Å². The third-order valence-corrected chi connectivity index (χ3v) is 6.59. The first kappa shape index (κ1) is 24.0. The maximum atomic E-state index is 13.2. The standard InChI is InChI=1S/C25H24Cl2N4O3/c1-15-18(14-28-31(15)17-7-5-4-6-8-17)23(32)21-22(16-9-10-19(26)20(27)13-16)30(12-11-29(2)3)25(34)24(21)33/h4-10,13-14,22,32H,11-12H2,1-3H3. The molecule has 9 heteroatoms. The zero-order valence-corrected chi connectivity index (χ0v) is 20.5. The van der Waals surface area contributed by atoms with Gasteiger partial charge in [0, 0.05) is 13.1 Å². The SMILES string of the molecule is Cc1c(C(O)=C2C(=O)C(=O)N(CCN(C)C)C2c2ccc(Cl)c(Cl)c2)cnn1-c1ccccc1. The molecule has 3 aromatic rings. The number of benzene rings is 2. The van der Waals surface area contributed by atoms with Crippen molar-refractivity contribution in [2.75, 3.05) is 27.2 Å². The van der Waals surface area contributed by atoms with Crippen LogP contribution >= 0.6 is 23.2 Å². The lowest BCUT2D eigenvalue weighted by Gasteiger charge is -2.26. The molecule has 7 nitrogen and oxygen atoms in total. The summed E-state index contributed by atoms with van der Waals surface area (Å²) in [5.41, 5.74) is 2.40. The molecular formula is C25H24Cl2N4O3. The molecule has 176 valence electrons.